The summed E-state index contributed by atoms with van der Waals surface area (Å²) in [7, 11) is 0. The first-order valence-corrected chi connectivity index (χ1v) is 7.47. The lowest BCUT2D eigenvalue weighted by Crippen LogP contribution is -1.89. The van der Waals surface area contributed by atoms with Gasteiger partial charge in [-0.25, -0.2) is 0 Å². The SMILES string of the molecule is Cc1ccc(C)c(CSCc2ccc(C#N)cc2)c1. The zero-order chi connectivity index (χ0) is 13.7. The molecular formula is C17H17NS. The van der Waals surface area contributed by atoms with Gasteiger partial charge in [0.1, 0.15) is 0 Å². The monoisotopic (exact) mass is 267 g/mol. The summed E-state index contributed by atoms with van der Waals surface area (Å²) >= 11 is 1.91. The third kappa shape index (κ3) is 3.87. The Labute approximate surface area is 119 Å². The van der Waals surface area contributed by atoms with E-state index in [0.29, 0.717) is 0 Å². The Kier molecular flexibility index (Phi) is 4.65. The van der Waals surface area contributed by atoms with Crippen molar-refractivity contribution in [3.63, 3.8) is 0 Å². The van der Waals surface area contributed by atoms with Crippen LogP contribution in [0.15, 0.2) is 42.5 Å². The van der Waals surface area contributed by atoms with E-state index in [4.69, 9.17) is 5.26 Å². The van der Waals surface area contributed by atoms with Gasteiger partial charge in [0, 0.05) is 11.5 Å². The number of nitrogens with zero attached hydrogens (tertiary/aromatic N) is 1. The third-order valence-corrected chi connectivity index (χ3v) is 4.17. The Morgan fingerprint density at radius 1 is 1.00 bits per heavy atom. The van der Waals surface area contributed by atoms with Gasteiger partial charge in [0.2, 0.25) is 0 Å². The molecule has 2 aromatic carbocycles. The van der Waals surface area contributed by atoms with Crippen LogP contribution in [0.25, 0.3) is 0 Å². The average Bonchev–Trinajstić information content (AvgIpc) is 2.43. The number of benzene rings is 2. The number of nitriles is 1. The fourth-order valence-electron chi connectivity index (χ4n) is 1.91. The highest BCUT2D eigenvalue weighted by Crippen LogP contribution is 2.21. The molecule has 0 N–H and O–H groups in total. The predicted octanol–water partition coefficient (Wildman–Crippen LogP) is 4.61. The average molecular weight is 267 g/mol. The van der Waals surface area contributed by atoms with Gasteiger partial charge in [0.15, 0.2) is 0 Å². The Bertz CT molecular complexity index is 594. The van der Waals surface area contributed by atoms with Crippen molar-refractivity contribution < 1.29 is 0 Å². The lowest BCUT2D eigenvalue weighted by molar-refractivity contribution is 1.27. The standard InChI is InChI=1S/C17H17NS/c1-13-3-4-14(2)17(9-13)12-19-11-16-7-5-15(10-18)6-8-16/h3-9H,11-12H2,1-2H3. The van der Waals surface area contributed by atoms with Crippen molar-refractivity contribution in [1.29, 1.82) is 5.26 Å². The highest BCUT2D eigenvalue weighted by Gasteiger charge is 2.00. The molecule has 1 nitrogen and oxygen atoms in total. The van der Waals surface area contributed by atoms with Crippen LogP contribution < -0.4 is 0 Å². The summed E-state index contributed by atoms with van der Waals surface area (Å²) in [6.45, 7) is 4.30. The first kappa shape index (κ1) is 13.7. The van der Waals surface area contributed by atoms with Gasteiger partial charge in [0.05, 0.1) is 11.6 Å². The number of hydrogen-bond donors (Lipinski definition) is 0. The topological polar surface area (TPSA) is 23.8 Å². The molecule has 96 valence electrons. The Hall–Kier alpha value is -1.72. The van der Waals surface area contributed by atoms with Gasteiger partial charge in [-0.2, -0.15) is 17.0 Å². The zero-order valence-corrected chi connectivity index (χ0v) is 12.1. The van der Waals surface area contributed by atoms with E-state index in [1.54, 1.807) is 0 Å². The van der Waals surface area contributed by atoms with Crippen molar-refractivity contribution >= 4 is 11.8 Å². The molecule has 2 rings (SSSR count). The minimum absolute atomic E-state index is 0.725. The smallest absolute Gasteiger partial charge is 0.0991 e. The normalized spacial score (nSPS) is 10.2. The molecule has 0 heterocycles. The molecule has 0 aliphatic rings. The van der Waals surface area contributed by atoms with Crippen molar-refractivity contribution in [2.45, 2.75) is 25.4 Å². The fourth-order valence-corrected chi connectivity index (χ4v) is 2.97. The number of rotatable bonds is 4. The molecule has 0 bridgehead atoms. The third-order valence-electron chi connectivity index (χ3n) is 3.11. The van der Waals surface area contributed by atoms with Crippen LogP contribution in [-0.4, -0.2) is 0 Å². The molecule has 0 aliphatic carbocycles. The molecule has 0 radical (unpaired) electrons. The summed E-state index contributed by atoms with van der Waals surface area (Å²) < 4.78 is 0. The zero-order valence-electron chi connectivity index (χ0n) is 11.3. The molecule has 0 saturated heterocycles. The molecule has 0 atom stereocenters. The van der Waals surface area contributed by atoms with Gasteiger partial charge < -0.3 is 0 Å². The Balaban J connectivity index is 1.92. The number of hydrogen-bond acceptors (Lipinski definition) is 2. The maximum atomic E-state index is 8.75. The largest absolute Gasteiger partial charge is 0.192 e. The van der Waals surface area contributed by atoms with Crippen LogP contribution in [0.5, 0.6) is 0 Å². The number of aryl methyl sites for hydroxylation is 2. The van der Waals surface area contributed by atoms with Crippen LogP contribution in [-0.2, 0) is 11.5 Å². The molecule has 2 aromatic rings. The lowest BCUT2D eigenvalue weighted by atomic mass is 10.1. The van der Waals surface area contributed by atoms with E-state index >= 15 is 0 Å². The van der Waals surface area contributed by atoms with Crippen LogP contribution in [0.3, 0.4) is 0 Å². The lowest BCUT2D eigenvalue weighted by Gasteiger charge is -2.07. The van der Waals surface area contributed by atoms with Gasteiger partial charge in [-0.05, 0) is 42.7 Å². The van der Waals surface area contributed by atoms with E-state index in [1.807, 2.05) is 36.0 Å². The maximum absolute atomic E-state index is 8.75. The van der Waals surface area contributed by atoms with Gasteiger partial charge in [0.25, 0.3) is 0 Å². The Morgan fingerprint density at radius 2 is 1.74 bits per heavy atom. The Morgan fingerprint density at radius 3 is 2.42 bits per heavy atom. The van der Waals surface area contributed by atoms with E-state index in [2.05, 4.69) is 38.1 Å². The van der Waals surface area contributed by atoms with E-state index in [1.165, 1.54) is 22.3 Å². The quantitative estimate of drug-likeness (QED) is 0.807. The summed E-state index contributed by atoms with van der Waals surface area (Å²) in [5.74, 6) is 2.02. The van der Waals surface area contributed by atoms with Gasteiger partial charge in [-0.3, -0.25) is 0 Å². The van der Waals surface area contributed by atoms with Gasteiger partial charge in [-0.1, -0.05) is 35.9 Å². The molecule has 0 fully saturated rings. The van der Waals surface area contributed by atoms with Gasteiger partial charge >= 0.3 is 0 Å². The highest BCUT2D eigenvalue weighted by atomic mass is 32.2. The van der Waals surface area contributed by atoms with E-state index < -0.39 is 0 Å². The van der Waals surface area contributed by atoms with Crippen LogP contribution in [0.4, 0.5) is 0 Å². The van der Waals surface area contributed by atoms with E-state index in [0.717, 1.165) is 17.1 Å². The first-order valence-electron chi connectivity index (χ1n) is 6.32. The molecule has 0 spiro atoms. The van der Waals surface area contributed by atoms with Crippen LogP contribution >= 0.6 is 11.8 Å². The molecule has 0 aliphatic heterocycles. The highest BCUT2D eigenvalue weighted by molar-refractivity contribution is 7.97. The molecule has 19 heavy (non-hydrogen) atoms. The van der Waals surface area contributed by atoms with Crippen molar-refractivity contribution in [1.82, 2.24) is 0 Å². The first-order chi connectivity index (χ1) is 9.19. The molecule has 2 heteroatoms. The van der Waals surface area contributed by atoms with Crippen molar-refractivity contribution in [3.8, 4) is 6.07 Å². The summed E-state index contributed by atoms with van der Waals surface area (Å²) in [5, 5.41) is 8.75. The minimum Gasteiger partial charge on any atom is -0.192 e. The summed E-state index contributed by atoms with van der Waals surface area (Å²) in [6, 6.07) is 16.6. The molecule has 0 amide bonds. The second-order valence-electron chi connectivity index (χ2n) is 4.73. The molecule has 0 unspecified atom stereocenters. The summed E-state index contributed by atoms with van der Waals surface area (Å²) in [5.41, 5.74) is 6.09. The van der Waals surface area contributed by atoms with E-state index in [9.17, 15) is 0 Å². The predicted molar refractivity (Wildman–Crippen MR) is 82.1 cm³/mol. The minimum atomic E-state index is 0.725. The van der Waals surface area contributed by atoms with Crippen molar-refractivity contribution in [2.24, 2.45) is 0 Å². The summed E-state index contributed by atoms with van der Waals surface area (Å²) in [6.07, 6.45) is 0. The van der Waals surface area contributed by atoms with Crippen LogP contribution in [0.2, 0.25) is 0 Å². The maximum Gasteiger partial charge on any atom is 0.0991 e. The molecule has 0 aromatic heterocycles. The molecule has 0 saturated carbocycles. The second kappa shape index (κ2) is 6.45. The van der Waals surface area contributed by atoms with Crippen LogP contribution in [0.1, 0.15) is 27.8 Å². The fraction of sp³-hybridized carbons (Fsp3) is 0.235. The van der Waals surface area contributed by atoms with E-state index in [-0.39, 0.29) is 0 Å². The molecular weight excluding hydrogens is 250 g/mol. The van der Waals surface area contributed by atoms with Crippen molar-refractivity contribution in [3.05, 3.63) is 70.3 Å². The number of thioether (sulfide) groups is 1. The second-order valence-corrected chi connectivity index (χ2v) is 5.72. The van der Waals surface area contributed by atoms with Gasteiger partial charge in [-0.15, -0.1) is 0 Å². The summed E-state index contributed by atoms with van der Waals surface area (Å²) in [4.78, 5) is 0. The van der Waals surface area contributed by atoms with Crippen LogP contribution in [0, 0.1) is 25.2 Å². The van der Waals surface area contributed by atoms with Crippen molar-refractivity contribution in [2.75, 3.05) is 0 Å².